The first-order chi connectivity index (χ1) is 11.2. The molecule has 3 rings (SSSR count). The van der Waals surface area contributed by atoms with E-state index in [0.29, 0.717) is 28.2 Å². The van der Waals surface area contributed by atoms with Gasteiger partial charge >= 0.3 is 11.9 Å². The van der Waals surface area contributed by atoms with E-state index in [1.54, 1.807) is 24.3 Å². The number of carbonyl (C=O) groups excluding carboxylic acids is 2. The summed E-state index contributed by atoms with van der Waals surface area (Å²) in [6, 6.07) is 14.4. The van der Waals surface area contributed by atoms with Gasteiger partial charge in [-0.15, -0.1) is 0 Å². The van der Waals surface area contributed by atoms with Crippen LogP contribution in [0.5, 0.6) is 11.5 Å². The van der Waals surface area contributed by atoms with Crippen LogP contribution in [0.15, 0.2) is 54.1 Å². The van der Waals surface area contributed by atoms with Crippen LogP contribution in [0.4, 0.5) is 0 Å². The van der Waals surface area contributed by atoms with Crippen LogP contribution < -0.4 is 4.74 Å². The smallest absolute Gasteiger partial charge is 0.345 e. The number of hydrogen-bond acceptors (Lipinski definition) is 5. The van der Waals surface area contributed by atoms with Crippen LogP contribution in [0.2, 0.25) is 0 Å². The lowest BCUT2D eigenvalue weighted by Crippen LogP contribution is -2.19. The Kier molecular flexibility index (Phi) is 3.85. The van der Waals surface area contributed by atoms with Crippen molar-refractivity contribution in [2.24, 2.45) is 0 Å². The molecule has 1 heterocycles. The number of para-hydroxylation sites is 2. The summed E-state index contributed by atoms with van der Waals surface area (Å²) in [5, 5.41) is 0. The van der Waals surface area contributed by atoms with E-state index >= 15 is 0 Å². The maximum Gasteiger partial charge on any atom is 0.345 e. The van der Waals surface area contributed by atoms with E-state index in [1.165, 1.54) is 14.2 Å². The molecule has 0 saturated carbocycles. The minimum absolute atomic E-state index is 0.154. The van der Waals surface area contributed by atoms with Gasteiger partial charge < -0.3 is 14.2 Å². The van der Waals surface area contributed by atoms with Gasteiger partial charge in [0.2, 0.25) is 0 Å². The lowest BCUT2D eigenvalue weighted by Gasteiger charge is -2.24. The second kappa shape index (κ2) is 5.96. The molecule has 1 aliphatic heterocycles. The van der Waals surface area contributed by atoms with Gasteiger partial charge in [0.25, 0.3) is 0 Å². The molecule has 1 aliphatic rings. The van der Waals surface area contributed by atoms with Gasteiger partial charge in [0.05, 0.1) is 14.2 Å². The second-order valence-electron chi connectivity index (χ2n) is 4.83. The van der Waals surface area contributed by atoms with Crippen molar-refractivity contribution in [1.82, 2.24) is 0 Å². The largest absolute Gasteiger partial charge is 0.465 e. The molecule has 0 unspecified atom stereocenters. The van der Waals surface area contributed by atoms with Crippen LogP contribution in [0.1, 0.15) is 11.1 Å². The summed E-state index contributed by atoms with van der Waals surface area (Å²) >= 11 is 0. The summed E-state index contributed by atoms with van der Waals surface area (Å²) in [6.45, 7) is 0. The predicted octanol–water partition coefficient (Wildman–Crippen LogP) is 2.94. The van der Waals surface area contributed by atoms with Gasteiger partial charge in [0.15, 0.2) is 5.57 Å². The number of hydrogen-bond donors (Lipinski definition) is 0. The van der Waals surface area contributed by atoms with E-state index in [-0.39, 0.29) is 5.57 Å². The van der Waals surface area contributed by atoms with Crippen molar-refractivity contribution in [2.45, 2.75) is 0 Å². The van der Waals surface area contributed by atoms with Gasteiger partial charge in [-0.3, -0.25) is 0 Å². The molecule has 2 aromatic rings. The molecule has 5 heteroatoms. The molecular weight excluding hydrogens is 296 g/mol. The van der Waals surface area contributed by atoms with Gasteiger partial charge in [0.1, 0.15) is 11.5 Å². The minimum atomic E-state index is -0.752. The highest BCUT2D eigenvalue weighted by Crippen LogP contribution is 2.44. The molecule has 0 saturated heterocycles. The molecule has 0 spiro atoms. The van der Waals surface area contributed by atoms with E-state index in [0.717, 1.165) is 0 Å². The molecule has 0 fully saturated rings. The van der Waals surface area contributed by atoms with Gasteiger partial charge in [-0.1, -0.05) is 36.4 Å². The van der Waals surface area contributed by atoms with Crippen molar-refractivity contribution in [1.29, 1.82) is 0 Å². The summed E-state index contributed by atoms with van der Waals surface area (Å²) in [4.78, 5) is 24.4. The first kappa shape index (κ1) is 14.8. The van der Waals surface area contributed by atoms with Gasteiger partial charge in [0, 0.05) is 16.7 Å². The second-order valence-corrected chi connectivity index (χ2v) is 4.83. The van der Waals surface area contributed by atoms with Gasteiger partial charge in [-0.05, 0) is 12.1 Å². The van der Waals surface area contributed by atoms with E-state index in [2.05, 4.69) is 0 Å². The molecule has 0 radical (unpaired) electrons. The van der Waals surface area contributed by atoms with E-state index in [1.807, 2.05) is 24.3 Å². The lowest BCUT2D eigenvalue weighted by atomic mass is 9.90. The van der Waals surface area contributed by atoms with Crippen LogP contribution in [0.3, 0.4) is 0 Å². The number of fused-ring (bicyclic) bond motifs is 2. The highest BCUT2D eigenvalue weighted by molar-refractivity contribution is 6.22. The predicted molar refractivity (Wildman–Crippen MR) is 83.0 cm³/mol. The van der Waals surface area contributed by atoms with Crippen molar-refractivity contribution < 1.29 is 23.8 Å². The standard InChI is InChI=1S/C18H14O5/c1-21-17(19)16(18(20)22-2)15-11-7-3-5-9-13(11)23-14-10-6-4-8-12(14)15/h3-10H,1-2H3. The Morgan fingerprint density at radius 2 is 1.22 bits per heavy atom. The molecule has 23 heavy (non-hydrogen) atoms. The molecule has 0 aliphatic carbocycles. The molecule has 0 aromatic heterocycles. The average molecular weight is 310 g/mol. The summed E-state index contributed by atoms with van der Waals surface area (Å²) in [5.41, 5.74) is 1.56. The Labute approximate surface area is 133 Å². The highest BCUT2D eigenvalue weighted by atomic mass is 16.5. The summed E-state index contributed by atoms with van der Waals surface area (Å²) in [6.07, 6.45) is 0. The fourth-order valence-electron chi connectivity index (χ4n) is 2.55. The summed E-state index contributed by atoms with van der Waals surface area (Å²) < 4.78 is 15.4. The molecule has 0 atom stereocenters. The fourth-order valence-corrected chi connectivity index (χ4v) is 2.55. The molecule has 116 valence electrons. The normalized spacial score (nSPS) is 11.7. The lowest BCUT2D eigenvalue weighted by molar-refractivity contribution is -0.143. The minimum Gasteiger partial charge on any atom is -0.465 e. The third-order valence-electron chi connectivity index (χ3n) is 3.56. The van der Waals surface area contributed by atoms with Crippen LogP contribution in [-0.2, 0) is 19.1 Å². The highest BCUT2D eigenvalue weighted by Gasteiger charge is 2.32. The maximum absolute atomic E-state index is 12.2. The Balaban J connectivity index is 2.38. The van der Waals surface area contributed by atoms with Crippen molar-refractivity contribution in [3.8, 4) is 11.5 Å². The molecule has 5 nitrogen and oxygen atoms in total. The Hall–Kier alpha value is -3.08. The van der Waals surface area contributed by atoms with Crippen LogP contribution in [0.25, 0.3) is 5.57 Å². The SMILES string of the molecule is COC(=O)C(C(=O)OC)=C1c2ccccc2Oc2ccccc21. The van der Waals surface area contributed by atoms with Crippen LogP contribution in [0, 0.1) is 0 Å². The Morgan fingerprint density at radius 3 is 1.65 bits per heavy atom. The molecular formula is C18H14O5. The van der Waals surface area contributed by atoms with Crippen molar-refractivity contribution in [3.05, 3.63) is 65.2 Å². The summed E-state index contributed by atoms with van der Waals surface area (Å²) in [5.74, 6) is -0.380. The monoisotopic (exact) mass is 310 g/mol. The van der Waals surface area contributed by atoms with Crippen molar-refractivity contribution >= 4 is 17.5 Å². The van der Waals surface area contributed by atoms with E-state index in [9.17, 15) is 9.59 Å². The number of ether oxygens (including phenoxy) is 3. The number of esters is 2. The zero-order valence-electron chi connectivity index (χ0n) is 12.7. The van der Waals surface area contributed by atoms with Gasteiger partial charge in [-0.25, -0.2) is 9.59 Å². The zero-order chi connectivity index (χ0) is 16.4. The first-order valence-electron chi connectivity index (χ1n) is 6.95. The first-order valence-corrected chi connectivity index (χ1v) is 6.95. The van der Waals surface area contributed by atoms with E-state index in [4.69, 9.17) is 14.2 Å². The Bertz CT molecular complexity index is 754. The third-order valence-corrected chi connectivity index (χ3v) is 3.56. The number of methoxy groups -OCH3 is 2. The quantitative estimate of drug-likeness (QED) is 0.315. The fraction of sp³-hybridized carbons (Fsp3) is 0.111. The molecule has 0 amide bonds. The third kappa shape index (κ3) is 2.46. The molecule has 0 N–H and O–H groups in total. The Morgan fingerprint density at radius 1 is 0.783 bits per heavy atom. The number of rotatable bonds is 2. The van der Waals surface area contributed by atoms with Crippen molar-refractivity contribution in [2.75, 3.05) is 14.2 Å². The van der Waals surface area contributed by atoms with Gasteiger partial charge in [-0.2, -0.15) is 0 Å². The molecule has 2 aromatic carbocycles. The summed E-state index contributed by atoms with van der Waals surface area (Å²) in [7, 11) is 2.45. The maximum atomic E-state index is 12.2. The number of benzene rings is 2. The van der Waals surface area contributed by atoms with Crippen LogP contribution >= 0.6 is 0 Å². The topological polar surface area (TPSA) is 61.8 Å². The average Bonchev–Trinajstić information content (AvgIpc) is 2.60. The molecule has 0 bridgehead atoms. The van der Waals surface area contributed by atoms with Crippen LogP contribution in [-0.4, -0.2) is 26.2 Å². The zero-order valence-corrected chi connectivity index (χ0v) is 12.7. The van der Waals surface area contributed by atoms with E-state index < -0.39 is 11.9 Å². The van der Waals surface area contributed by atoms with Crippen molar-refractivity contribution in [3.63, 3.8) is 0 Å². The number of carbonyl (C=O) groups is 2.